The molecule has 2 aliphatic heterocycles. The van der Waals surface area contributed by atoms with E-state index in [9.17, 15) is 19.5 Å². The minimum Gasteiger partial charge on any atom is -0.481 e. The molecule has 0 spiro atoms. The van der Waals surface area contributed by atoms with Gasteiger partial charge in [0.15, 0.2) is 12.5 Å². The van der Waals surface area contributed by atoms with Crippen molar-refractivity contribution in [1.29, 1.82) is 0 Å². The van der Waals surface area contributed by atoms with Gasteiger partial charge in [0, 0.05) is 17.8 Å². The molecule has 4 unspecified atom stereocenters. The number of nitrogens with zero attached hydrogens (tertiary/aromatic N) is 2. The predicted octanol–water partition coefficient (Wildman–Crippen LogP) is 2.82. The van der Waals surface area contributed by atoms with Crippen LogP contribution in [0, 0.1) is 11.8 Å². The number of fused-ring (bicyclic) bond motifs is 1. The van der Waals surface area contributed by atoms with Crippen LogP contribution >= 0.6 is 0 Å². The van der Waals surface area contributed by atoms with E-state index in [4.69, 9.17) is 18.9 Å². The number of hydrogen-bond donors (Lipinski definition) is 3. The molecule has 3 N–H and O–H groups in total. The van der Waals surface area contributed by atoms with Gasteiger partial charge in [-0.3, -0.25) is 14.7 Å². The number of carboxylic acids is 1. The maximum atomic E-state index is 13.0. The second kappa shape index (κ2) is 11.7. The van der Waals surface area contributed by atoms with Gasteiger partial charge in [0.2, 0.25) is 0 Å². The van der Waals surface area contributed by atoms with Crippen LogP contribution in [-0.2, 0) is 23.7 Å². The molecular weight excluding hydrogens is 520 g/mol. The Hall–Kier alpha value is -3.32. The molecule has 2 saturated heterocycles. The van der Waals surface area contributed by atoms with Crippen LogP contribution in [0.25, 0.3) is 0 Å². The number of urea groups is 1. The van der Waals surface area contributed by atoms with Crippen molar-refractivity contribution in [2.45, 2.75) is 75.4 Å². The highest BCUT2D eigenvalue weighted by Crippen LogP contribution is 2.44. The lowest BCUT2D eigenvalue weighted by Crippen LogP contribution is -2.36. The third-order valence-corrected chi connectivity index (χ3v) is 8.02. The molecule has 7 atom stereocenters. The van der Waals surface area contributed by atoms with Gasteiger partial charge in [-0.15, -0.1) is 0 Å². The molecule has 12 nitrogen and oxygen atoms in total. The first-order chi connectivity index (χ1) is 19.5. The van der Waals surface area contributed by atoms with Gasteiger partial charge in [-0.2, -0.15) is 4.98 Å². The zero-order valence-electron chi connectivity index (χ0n) is 22.0. The Labute approximate surface area is 231 Å². The monoisotopic (exact) mass is 554 g/mol. The molecule has 4 aliphatic rings. The van der Waals surface area contributed by atoms with Crippen LogP contribution in [0.5, 0.6) is 0 Å². The van der Waals surface area contributed by atoms with Crippen molar-refractivity contribution in [3.8, 4) is 0 Å². The molecule has 2 saturated carbocycles. The van der Waals surface area contributed by atoms with Crippen LogP contribution in [0.15, 0.2) is 47.4 Å². The van der Waals surface area contributed by atoms with E-state index in [1.807, 2.05) is 30.3 Å². The number of benzene rings is 1. The topological polar surface area (TPSA) is 150 Å². The Morgan fingerprint density at radius 3 is 2.52 bits per heavy atom. The third-order valence-electron chi connectivity index (χ3n) is 8.02. The van der Waals surface area contributed by atoms with Crippen molar-refractivity contribution in [3.05, 3.63) is 58.6 Å². The summed E-state index contributed by atoms with van der Waals surface area (Å²) < 4.78 is 26.2. The zero-order chi connectivity index (χ0) is 27.6. The smallest absolute Gasteiger partial charge is 0.351 e. The van der Waals surface area contributed by atoms with E-state index in [1.54, 1.807) is 0 Å². The molecule has 3 heterocycles. The highest BCUT2D eigenvalue weighted by Gasteiger charge is 2.54. The quantitative estimate of drug-likeness (QED) is 0.425. The fourth-order valence-electron chi connectivity index (χ4n) is 5.77. The first-order valence-electron chi connectivity index (χ1n) is 13.9. The Bertz CT molecular complexity index is 1270. The number of carbonyl (C=O) groups excluding carboxylic acids is 1. The van der Waals surface area contributed by atoms with Crippen molar-refractivity contribution >= 4 is 17.8 Å². The maximum absolute atomic E-state index is 13.0. The molecule has 2 aromatic rings. The molecule has 214 valence electrons. The van der Waals surface area contributed by atoms with Crippen LogP contribution < -0.4 is 16.3 Å². The van der Waals surface area contributed by atoms with Gasteiger partial charge in [-0.25, -0.2) is 9.59 Å². The van der Waals surface area contributed by atoms with Crippen molar-refractivity contribution in [3.63, 3.8) is 0 Å². The molecule has 1 aromatic carbocycles. The lowest BCUT2D eigenvalue weighted by Gasteiger charge is -2.29. The van der Waals surface area contributed by atoms with Crippen LogP contribution in [-0.4, -0.2) is 64.2 Å². The summed E-state index contributed by atoms with van der Waals surface area (Å²) >= 11 is 0. The summed E-state index contributed by atoms with van der Waals surface area (Å²) in [4.78, 5) is 40.8. The Morgan fingerprint density at radius 2 is 1.77 bits per heavy atom. The number of anilines is 1. The summed E-state index contributed by atoms with van der Waals surface area (Å²) in [6.45, 7) is 0.473. The molecule has 6 rings (SSSR count). The number of aromatic nitrogens is 2. The van der Waals surface area contributed by atoms with E-state index in [0.717, 1.165) is 37.7 Å². The normalized spacial score (nSPS) is 31.4. The van der Waals surface area contributed by atoms with E-state index in [0.29, 0.717) is 13.0 Å². The summed E-state index contributed by atoms with van der Waals surface area (Å²) in [5.74, 6) is -1.10. The van der Waals surface area contributed by atoms with Gasteiger partial charge >= 0.3 is 17.7 Å². The first-order valence-corrected chi connectivity index (χ1v) is 13.9. The second-order valence-electron chi connectivity index (χ2n) is 10.9. The first kappa shape index (κ1) is 26.9. The summed E-state index contributed by atoms with van der Waals surface area (Å²) in [6, 6.07) is 10.8. The third kappa shape index (κ3) is 5.90. The fraction of sp³-hybridized carbons (Fsp3) is 0.571. The average Bonchev–Trinajstić information content (AvgIpc) is 3.54. The predicted molar refractivity (Wildman–Crippen MR) is 140 cm³/mol. The Morgan fingerprint density at radius 1 is 1.00 bits per heavy atom. The minimum atomic E-state index is -0.830. The van der Waals surface area contributed by atoms with Gasteiger partial charge in [-0.05, 0) is 37.7 Å². The molecule has 40 heavy (non-hydrogen) atoms. The largest absolute Gasteiger partial charge is 0.481 e. The maximum Gasteiger partial charge on any atom is 0.351 e. The lowest BCUT2D eigenvalue weighted by atomic mass is 9.80. The number of amides is 2. The summed E-state index contributed by atoms with van der Waals surface area (Å²) in [5, 5.41) is 15.0. The SMILES string of the molecule is O=C(Nc1ccn([C@@H]2O[C@H](COCC3CCCCC3C(=O)O)C3O[C@H](c4ccccc4)OC32)c(=O)n1)NC1CC1. The van der Waals surface area contributed by atoms with Crippen LogP contribution in [0.2, 0.25) is 0 Å². The van der Waals surface area contributed by atoms with Gasteiger partial charge in [0.25, 0.3) is 0 Å². The van der Waals surface area contributed by atoms with Crippen molar-refractivity contribution in [2.75, 3.05) is 18.5 Å². The average molecular weight is 555 g/mol. The molecule has 0 bridgehead atoms. The number of nitrogens with one attached hydrogen (secondary N) is 2. The summed E-state index contributed by atoms with van der Waals surface area (Å²) in [7, 11) is 0. The van der Waals surface area contributed by atoms with Gasteiger partial charge < -0.3 is 29.4 Å². The van der Waals surface area contributed by atoms with E-state index < -0.39 is 54.4 Å². The van der Waals surface area contributed by atoms with Crippen LogP contribution in [0.3, 0.4) is 0 Å². The van der Waals surface area contributed by atoms with Crippen LogP contribution in [0.4, 0.5) is 10.6 Å². The van der Waals surface area contributed by atoms with Gasteiger partial charge in [0.1, 0.15) is 24.1 Å². The van der Waals surface area contributed by atoms with E-state index in [2.05, 4.69) is 15.6 Å². The Kier molecular flexibility index (Phi) is 7.83. The molecule has 0 radical (unpaired) electrons. The summed E-state index contributed by atoms with van der Waals surface area (Å²) in [5.41, 5.74) is 0.237. The van der Waals surface area contributed by atoms with Crippen molar-refractivity contribution < 1.29 is 33.6 Å². The molecule has 4 fully saturated rings. The zero-order valence-corrected chi connectivity index (χ0v) is 22.0. The highest BCUT2D eigenvalue weighted by atomic mass is 16.8. The fourth-order valence-corrected chi connectivity index (χ4v) is 5.77. The van der Waals surface area contributed by atoms with Gasteiger partial charge in [0.05, 0.1) is 19.1 Å². The minimum absolute atomic E-state index is 0.0546. The standard InChI is InChI=1S/C28H34N4O8/c33-25(34)19-9-5-4-8-17(19)14-37-15-20-22-23(40-26(39-22)16-6-2-1-3-7-16)24(38-20)32-13-12-21(31-28(32)36)30-27(35)29-18-10-11-18/h1-3,6-7,12-13,17-20,22-24,26H,4-5,8-11,14-15H2,(H,33,34)(H2,29,30,31,35,36)/t17?,19?,20-,22?,23?,24-,26+/m1/s1. The van der Waals surface area contributed by atoms with Crippen molar-refractivity contribution in [1.82, 2.24) is 14.9 Å². The van der Waals surface area contributed by atoms with E-state index >= 15 is 0 Å². The van der Waals surface area contributed by atoms with E-state index in [-0.39, 0.29) is 24.4 Å². The number of carboxylic acid groups (broad SMARTS) is 1. The molecular formula is C28H34N4O8. The second-order valence-corrected chi connectivity index (χ2v) is 10.9. The van der Waals surface area contributed by atoms with Crippen molar-refractivity contribution in [2.24, 2.45) is 11.8 Å². The molecule has 2 amide bonds. The molecule has 1 aromatic heterocycles. The number of rotatable bonds is 9. The number of hydrogen-bond acceptors (Lipinski definition) is 8. The number of aliphatic carboxylic acids is 1. The molecule has 12 heteroatoms. The number of ether oxygens (including phenoxy) is 4. The Balaban J connectivity index is 1.16. The molecule has 2 aliphatic carbocycles. The van der Waals surface area contributed by atoms with Gasteiger partial charge in [-0.1, -0.05) is 43.2 Å². The summed E-state index contributed by atoms with van der Waals surface area (Å²) in [6.07, 6.45) is 3.63. The lowest BCUT2D eigenvalue weighted by molar-refractivity contribution is -0.161. The number of carbonyl (C=O) groups is 2. The highest BCUT2D eigenvalue weighted by molar-refractivity contribution is 5.88. The van der Waals surface area contributed by atoms with E-state index in [1.165, 1.54) is 16.8 Å². The van der Waals surface area contributed by atoms with Crippen LogP contribution in [0.1, 0.15) is 56.6 Å².